The SMILES string of the molecule is CC(C)CC(C(=O)Oc1ccccc1[N+](=O)[O-])C(O)CSC(c1ccccc1)(c1ccccc1)c1ccccc1. The Morgan fingerprint density at radius 3 is 1.73 bits per heavy atom. The van der Waals surface area contributed by atoms with Crippen LogP contribution in [0.2, 0.25) is 0 Å². The number of nitrogens with zero attached hydrogens (tertiary/aromatic N) is 1. The van der Waals surface area contributed by atoms with Gasteiger partial charge in [0.15, 0.2) is 0 Å². The summed E-state index contributed by atoms with van der Waals surface area (Å²) in [5.41, 5.74) is 2.85. The maximum absolute atomic E-state index is 13.4. The van der Waals surface area contributed by atoms with E-state index in [1.54, 1.807) is 17.8 Å². The van der Waals surface area contributed by atoms with Crippen molar-refractivity contribution in [2.75, 3.05) is 5.75 Å². The van der Waals surface area contributed by atoms with Gasteiger partial charge in [0.2, 0.25) is 5.75 Å². The lowest BCUT2D eigenvalue weighted by Gasteiger charge is -2.36. The fourth-order valence-corrected chi connectivity index (χ4v) is 6.45. The Morgan fingerprint density at radius 2 is 1.27 bits per heavy atom. The van der Waals surface area contributed by atoms with Crippen molar-refractivity contribution in [1.82, 2.24) is 0 Å². The van der Waals surface area contributed by atoms with Crippen LogP contribution in [0.25, 0.3) is 0 Å². The molecule has 0 amide bonds. The first-order valence-corrected chi connectivity index (χ1v) is 14.2. The van der Waals surface area contributed by atoms with Crippen molar-refractivity contribution in [2.24, 2.45) is 11.8 Å². The number of esters is 1. The molecule has 4 aromatic carbocycles. The van der Waals surface area contributed by atoms with Gasteiger partial charge in [-0.1, -0.05) is 117 Å². The summed E-state index contributed by atoms with van der Waals surface area (Å²) in [6, 6.07) is 36.2. The molecule has 0 aliphatic carbocycles. The Hall–Kier alpha value is -3.94. The molecule has 0 heterocycles. The number of ether oxygens (including phenoxy) is 1. The van der Waals surface area contributed by atoms with Crippen molar-refractivity contribution in [2.45, 2.75) is 31.1 Å². The lowest BCUT2D eigenvalue weighted by Crippen LogP contribution is -2.36. The largest absolute Gasteiger partial charge is 0.419 e. The van der Waals surface area contributed by atoms with E-state index in [9.17, 15) is 20.0 Å². The van der Waals surface area contributed by atoms with Crippen LogP contribution in [-0.2, 0) is 9.54 Å². The zero-order valence-corrected chi connectivity index (χ0v) is 23.4. The van der Waals surface area contributed by atoms with Gasteiger partial charge in [-0.25, -0.2) is 0 Å². The summed E-state index contributed by atoms with van der Waals surface area (Å²) in [7, 11) is 0. The third-order valence-electron chi connectivity index (χ3n) is 6.78. The highest BCUT2D eigenvalue weighted by molar-refractivity contribution is 8.00. The Bertz CT molecular complexity index is 1300. The molecule has 0 radical (unpaired) electrons. The standard InChI is InChI=1S/C33H33NO5S/c1-24(2)22-28(32(36)39-31-21-13-12-20-29(31)34(37)38)30(35)23-40-33(25-14-6-3-7-15-25,26-16-8-4-9-17-26)27-18-10-5-11-19-27/h3-21,24,28,30,35H,22-23H2,1-2H3. The maximum atomic E-state index is 13.4. The van der Waals surface area contributed by atoms with Crippen molar-refractivity contribution in [1.29, 1.82) is 0 Å². The van der Waals surface area contributed by atoms with Crippen LogP contribution in [0.15, 0.2) is 115 Å². The monoisotopic (exact) mass is 555 g/mol. The molecule has 4 rings (SSSR count). The summed E-state index contributed by atoms with van der Waals surface area (Å²) < 4.78 is 4.87. The molecule has 7 heteroatoms. The van der Waals surface area contributed by atoms with Gasteiger partial charge >= 0.3 is 11.7 Å². The molecule has 0 saturated heterocycles. The first kappa shape index (κ1) is 29.1. The molecule has 0 bridgehead atoms. The molecule has 0 spiro atoms. The molecule has 0 aromatic heterocycles. The number of aliphatic hydroxyl groups excluding tert-OH is 1. The average molecular weight is 556 g/mol. The number of hydrogen-bond donors (Lipinski definition) is 1. The fraction of sp³-hybridized carbons (Fsp3) is 0.242. The lowest BCUT2D eigenvalue weighted by atomic mass is 9.84. The number of hydrogen-bond acceptors (Lipinski definition) is 6. The minimum atomic E-state index is -1.06. The maximum Gasteiger partial charge on any atom is 0.317 e. The van der Waals surface area contributed by atoms with E-state index in [1.807, 2.05) is 68.4 Å². The highest BCUT2D eigenvalue weighted by Gasteiger charge is 2.39. The number of carbonyl (C=O) groups excluding carboxylic acids is 1. The van der Waals surface area contributed by atoms with Crippen molar-refractivity contribution in [3.8, 4) is 5.75 Å². The van der Waals surface area contributed by atoms with E-state index in [1.165, 1.54) is 18.2 Å². The van der Waals surface area contributed by atoms with Gasteiger partial charge in [-0.2, -0.15) is 0 Å². The van der Waals surface area contributed by atoms with Crippen LogP contribution in [0.3, 0.4) is 0 Å². The van der Waals surface area contributed by atoms with Gasteiger partial charge in [0.25, 0.3) is 0 Å². The molecular formula is C33H33NO5S. The topological polar surface area (TPSA) is 89.7 Å². The Balaban J connectivity index is 1.69. The number of carbonyl (C=O) groups is 1. The zero-order valence-electron chi connectivity index (χ0n) is 22.6. The number of thioether (sulfide) groups is 1. The number of para-hydroxylation sites is 2. The second kappa shape index (κ2) is 13.4. The van der Waals surface area contributed by atoms with E-state index >= 15 is 0 Å². The predicted octanol–water partition coefficient (Wildman–Crippen LogP) is 7.25. The first-order chi connectivity index (χ1) is 19.3. The summed E-state index contributed by atoms with van der Waals surface area (Å²) in [6.45, 7) is 3.93. The van der Waals surface area contributed by atoms with E-state index < -0.39 is 27.7 Å². The van der Waals surface area contributed by atoms with E-state index in [4.69, 9.17) is 4.74 Å². The van der Waals surface area contributed by atoms with Crippen molar-refractivity contribution in [3.05, 3.63) is 142 Å². The van der Waals surface area contributed by atoms with Crippen LogP contribution in [0.5, 0.6) is 5.75 Å². The van der Waals surface area contributed by atoms with Gasteiger partial charge < -0.3 is 9.84 Å². The summed E-state index contributed by atoms with van der Waals surface area (Å²) >= 11 is 1.56. The minimum Gasteiger partial charge on any atom is -0.419 e. The number of nitro benzene ring substituents is 1. The van der Waals surface area contributed by atoms with E-state index in [2.05, 4.69) is 36.4 Å². The quantitative estimate of drug-likeness (QED) is 0.0651. The van der Waals surface area contributed by atoms with Gasteiger partial charge in [-0.05, 0) is 35.1 Å². The van der Waals surface area contributed by atoms with Crippen LogP contribution in [0.4, 0.5) is 5.69 Å². The highest BCUT2D eigenvalue weighted by atomic mass is 32.2. The summed E-state index contributed by atoms with van der Waals surface area (Å²) in [4.78, 5) is 24.3. The van der Waals surface area contributed by atoms with Gasteiger partial charge in [0.1, 0.15) is 0 Å². The van der Waals surface area contributed by atoms with Crippen LogP contribution >= 0.6 is 11.8 Å². The lowest BCUT2D eigenvalue weighted by molar-refractivity contribution is -0.385. The van der Waals surface area contributed by atoms with Crippen molar-refractivity contribution >= 4 is 23.4 Å². The third-order valence-corrected chi connectivity index (χ3v) is 8.42. The predicted molar refractivity (Wildman–Crippen MR) is 159 cm³/mol. The third kappa shape index (κ3) is 6.61. The highest BCUT2D eigenvalue weighted by Crippen LogP contribution is 2.49. The van der Waals surface area contributed by atoms with E-state index in [0.717, 1.165) is 16.7 Å². The van der Waals surface area contributed by atoms with Crippen LogP contribution in [0.1, 0.15) is 37.0 Å². The number of benzene rings is 4. The molecule has 2 atom stereocenters. The Kier molecular flexibility index (Phi) is 9.74. The zero-order chi connectivity index (χ0) is 28.5. The van der Waals surface area contributed by atoms with Gasteiger partial charge in [-0.15, -0.1) is 11.8 Å². The average Bonchev–Trinajstić information content (AvgIpc) is 2.98. The van der Waals surface area contributed by atoms with Crippen molar-refractivity contribution < 1.29 is 19.6 Å². The smallest absolute Gasteiger partial charge is 0.317 e. The summed E-state index contributed by atoms with van der Waals surface area (Å²) in [5.74, 6) is -1.36. The first-order valence-electron chi connectivity index (χ1n) is 13.3. The molecule has 0 saturated carbocycles. The molecule has 1 N–H and O–H groups in total. The molecule has 6 nitrogen and oxygen atoms in total. The normalized spacial score (nSPS) is 13.0. The Labute approximate surface area is 239 Å². The molecule has 0 aliphatic heterocycles. The second-order valence-corrected chi connectivity index (χ2v) is 11.3. The summed E-state index contributed by atoms with van der Waals surface area (Å²) in [5, 5.41) is 23.0. The van der Waals surface area contributed by atoms with Gasteiger partial charge in [-0.3, -0.25) is 14.9 Å². The molecule has 40 heavy (non-hydrogen) atoms. The van der Waals surface area contributed by atoms with E-state index in [-0.39, 0.29) is 23.1 Å². The molecule has 2 unspecified atom stereocenters. The second-order valence-electron chi connectivity index (χ2n) is 10.0. The molecule has 4 aromatic rings. The molecule has 0 fully saturated rings. The van der Waals surface area contributed by atoms with Crippen LogP contribution < -0.4 is 4.74 Å². The Morgan fingerprint density at radius 1 is 0.825 bits per heavy atom. The van der Waals surface area contributed by atoms with Gasteiger partial charge in [0, 0.05) is 11.8 Å². The molecule has 0 aliphatic rings. The van der Waals surface area contributed by atoms with Crippen molar-refractivity contribution in [3.63, 3.8) is 0 Å². The van der Waals surface area contributed by atoms with Gasteiger partial charge in [0.05, 0.1) is 21.7 Å². The number of rotatable bonds is 12. The number of nitro groups is 1. The molecule has 206 valence electrons. The number of aliphatic hydroxyl groups is 1. The summed E-state index contributed by atoms with van der Waals surface area (Å²) in [6.07, 6.45) is -0.686. The fourth-order valence-electron chi connectivity index (χ4n) is 4.89. The van der Waals surface area contributed by atoms with Crippen LogP contribution in [0, 0.1) is 22.0 Å². The molecular weight excluding hydrogens is 522 g/mol. The minimum absolute atomic E-state index is 0.0880. The van der Waals surface area contributed by atoms with Crippen LogP contribution in [-0.4, -0.2) is 27.9 Å². The van der Waals surface area contributed by atoms with E-state index in [0.29, 0.717) is 6.42 Å².